The van der Waals surface area contributed by atoms with E-state index in [1.54, 1.807) is 110 Å². The van der Waals surface area contributed by atoms with Gasteiger partial charge in [-0.05, 0) is 113 Å². The van der Waals surface area contributed by atoms with Crippen LogP contribution in [-0.4, -0.2) is 191 Å². The monoisotopic (exact) mass is 2180 g/mol. The first-order valence-corrected chi connectivity index (χ1v) is 53.8. The van der Waals surface area contributed by atoms with Gasteiger partial charge in [0.05, 0.1) is 89.0 Å². The molecule has 0 saturated carbocycles. The Bertz CT molecular complexity index is 7190. The molecule has 0 unspecified atom stereocenters. The number of ketones is 1. The zero-order valence-electron chi connectivity index (χ0n) is 73.5. The molecule has 9 N–H and O–H groups in total. The predicted octanol–water partition coefficient (Wildman–Crippen LogP) is 18.6. The first-order chi connectivity index (χ1) is 66.2. The number of thiazole rings is 4. The lowest BCUT2D eigenvalue weighted by Crippen LogP contribution is -2.29. The summed E-state index contributed by atoms with van der Waals surface area (Å²) in [6, 6.07) is 18.5. The zero-order valence-corrected chi connectivity index (χ0v) is 84.9. The highest BCUT2D eigenvalue weighted by atomic mass is 32.2. The van der Waals surface area contributed by atoms with Crippen molar-refractivity contribution in [1.82, 2.24) is 63.6 Å². The van der Waals surface area contributed by atoms with Crippen molar-refractivity contribution >= 4 is 287 Å². The molecule has 10 heterocycles. The van der Waals surface area contributed by atoms with Gasteiger partial charge < -0.3 is 35.1 Å². The minimum atomic E-state index is -5.64. The Kier molecular flexibility index (Phi) is 39.8. The van der Waals surface area contributed by atoms with E-state index in [2.05, 4.69) is 134 Å². The SMILES string of the molecule is CCOC(=O)CN1CCc2c(O)c(C(N)=O)cc(N=Nc3nc4ccc(SOON)cc4s3)c21.CCOC(=O)Cc1nc(NS(C)(=O)=O)sc1N=Nc1nc(CC)ns1.CCOC(=O)c1ccccc1-c1nc(NS(C)(=O)=O)sc1N=Nc1nnc(SCC)s1.CCSc1nnc(N=Nc2sc(NS(=O)(=O)C(F)(F)F)nc2/C=C\C(C)=O)s1.[C-]#[N+]Cn1ccc2c(O)ccc(N=Nc3nc(C)ns3)c21. The highest BCUT2D eigenvalue weighted by Gasteiger charge is 2.47. The van der Waals surface area contributed by atoms with Gasteiger partial charge in [0.15, 0.2) is 44.9 Å². The van der Waals surface area contributed by atoms with Crippen molar-refractivity contribution in [3.8, 4) is 22.8 Å². The number of thioether (sulfide) groups is 2. The molecule has 0 radical (unpaired) electrons. The number of nitrogens with two attached hydrogens (primary N) is 2. The van der Waals surface area contributed by atoms with Crippen molar-refractivity contribution in [3.63, 3.8) is 0 Å². The molecule has 0 aliphatic carbocycles. The van der Waals surface area contributed by atoms with Crippen LogP contribution in [0.2, 0.25) is 0 Å². The van der Waals surface area contributed by atoms with Gasteiger partial charge >= 0.3 is 33.4 Å². The molecule has 0 atom stereocenters. The number of aromatic nitrogens is 13. The highest BCUT2D eigenvalue weighted by Crippen LogP contribution is 2.48. The molecule has 1 aliphatic heterocycles. The summed E-state index contributed by atoms with van der Waals surface area (Å²) in [4.78, 5) is 93.9. The van der Waals surface area contributed by atoms with E-state index in [1.165, 1.54) is 69.8 Å². The third-order valence-corrected chi connectivity index (χ3v) is 28.0. The lowest BCUT2D eigenvalue weighted by atomic mass is 10.0. The summed E-state index contributed by atoms with van der Waals surface area (Å²) in [5.74, 6) is 5.18. The second-order valence-electron chi connectivity index (χ2n) is 26.5. The molecule has 13 aromatic rings. The van der Waals surface area contributed by atoms with Crippen molar-refractivity contribution in [2.75, 3.05) is 76.0 Å². The van der Waals surface area contributed by atoms with Crippen LogP contribution >= 0.6 is 127 Å². The Labute approximate surface area is 831 Å². The molecule has 0 bridgehead atoms. The topological polar surface area (TPSA) is 653 Å². The first-order valence-electron chi connectivity index (χ1n) is 39.4. The summed E-state index contributed by atoms with van der Waals surface area (Å²) in [7, 11) is -12.7. The third kappa shape index (κ3) is 32.1. The summed E-state index contributed by atoms with van der Waals surface area (Å²) >= 11 is 12.4. The lowest BCUT2D eigenvalue weighted by Gasteiger charge is -2.20. The van der Waals surface area contributed by atoms with E-state index in [9.17, 15) is 72.6 Å². The second kappa shape index (κ2) is 51.0. The number of rotatable bonds is 37. The van der Waals surface area contributed by atoms with Crippen molar-refractivity contribution < 1.29 is 96.1 Å². The minimum Gasteiger partial charge on any atom is -0.507 e. The van der Waals surface area contributed by atoms with E-state index in [-0.39, 0.29) is 105 Å². The lowest BCUT2D eigenvalue weighted by molar-refractivity contribution is -0.195. The molecule has 1 amide bonds. The van der Waals surface area contributed by atoms with Crippen LogP contribution in [-0.2, 0) is 93.9 Å². The quantitative estimate of drug-likeness (QED) is 0.00219. The van der Waals surface area contributed by atoms with Gasteiger partial charge in [-0.25, -0.2) is 58.1 Å². The number of alkyl halides is 3. The molecule has 4 aromatic carbocycles. The van der Waals surface area contributed by atoms with E-state index >= 15 is 0 Å². The number of nitrogens with zero attached hydrogens (tertiary/aromatic N) is 25. The number of hydrogen-bond donors (Lipinski definition) is 7. The van der Waals surface area contributed by atoms with E-state index in [4.69, 9.17) is 32.4 Å². The number of sulfonamides is 3. The van der Waals surface area contributed by atoms with Gasteiger partial charge in [-0.2, -0.15) is 36.2 Å². The van der Waals surface area contributed by atoms with Gasteiger partial charge in [-0.15, -0.1) is 80.9 Å². The normalized spacial score (nSPS) is 12.2. The summed E-state index contributed by atoms with van der Waals surface area (Å²) in [6.45, 7) is 22.3. The number of hydrogen-bond acceptors (Lipinski definition) is 53. The minimum absolute atomic E-state index is 0.0164. The molecule has 0 fully saturated rings. The average Bonchev–Trinajstić information content (AvgIpc) is 1.63. The molecule has 0 spiro atoms. The Morgan fingerprint density at radius 3 is 1.87 bits per heavy atom. The van der Waals surface area contributed by atoms with Gasteiger partial charge in [0.25, 0.3) is 22.8 Å². The number of halogens is 3. The van der Waals surface area contributed by atoms with Gasteiger partial charge in [0.2, 0.25) is 35.4 Å². The number of nitrogens with one attached hydrogen (secondary N) is 3. The fourth-order valence-electron chi connectivity index (χ4n) is 10.9. The number of amides is 1. The maximum Gasteiger partial charge on any atom is 0.516 e. The predicted molar refractivity (Wildman–Crippen MR) is 522 cm³/mol. The van der Waals surface area contributed by atoms with Gasteiger partial charge in [0, 0.05) is 63.6 Å². The molecular formula is C74H75F3N30O18S14. The van der Waals surface area contributed by atoms with E-state index in [0.717, 1.165) is 102 Å². The van der Waals surface area contributed by atoms with Crippen LogP contribution in [0.15, 0.2) is 144 Å². The van der Waals surface area contributed by atoms with Crippen LogP contribution in [0, 0.1) is 13.5 Å². The van der Waals surface area contributed by atoms with Crippen LogP contribution in [0.4, 0.5) is 86.3 Å². The van der Waals surface area contributed by atoms with E-state index < -0.39 is 64.5 Å². The number of carbonyl (C=O) groups excluding carboxylic acids is 5. The molecule has 48 nitrogen and oxygen atoms in total. The Balaban J connectivity index is 0.000000181. The third-order valence-electron chi connectivity index (χ3n) is 16.4. The second-order valence-corrected chi connectivity index (χ2v) is 42.7. The number of phenols is 2. The van der Waals surface area contributed by atoms with Crippen LogP contribution in [0.25, 0.3) is 43.3 Å². The molecule has 14 rings (SSSR count). The Hall–Kier alpha value is -12.4. The summed E-state index contributed by atoms with van der Waals surface area (Å²) in [6.07, 6.45) is 7.03. The number of benzene rings is 4. The number of phenolic OH excluding ortho intramolecular Hbond substituents is 1. The Morgan fingerprint density at radius 2 is 1.25 bits per heavy atom. The molecular weight excluding hydrogens is 2100 g/mol. The molecule has 9 aromatic heterocycles. The number of aromatic hydroxyl groups is 2. The van der Waals surface area contributed by atoms with Crippen LogP contribution < -0.4 is 30.7 Å². The van der Waals surface area contributed by atoms with Crippen molar-refractivity contribution in [2.45, 2.75) is 100 Å². The van der Waals surface area contributed by atoms with Gasteiger partial charge in [0.1, 0.15) is 52.5 Å². The van der Waals surface area contributed by atoms with Crippen LogP contribution in [0.5, 0.6) is 11.5 Å². The van der Waals surface area contributed by atoms with Crippen molar-refractivity contribution in [3.05, 3.63) is 130 Å². The largest absolute Gasteiger partial charge is 0.516 e. The number of esters is 3. The maximum absolute atomic E-state index is 12.5. The molecule has 65 heteroatoms. The summed E-state index contributed by atoms with van der Waals surface area (Å²) < 4.78 is 144. The fourth-order valence-corrected chi connectivity index (χ4v) is 21.3. The first kappa shape index (κ1) is 109. The smallest absolute Gasteiger partial charge is 0.507 e. The maximum atomic E-state index is 12.5. The van der Waals surface area contributed by atoms with Crippen LogP contribution in [0.1, 0.15) is 97.8 Å². The molecule has 0 saturated heterocycles. The number of allylic oxidation sites excluding steroid dienone is 1. The number of primary amides is 1. The molecule has 734 valence electrons. The van der Waals surface area contributed by atoms with Gasteiger partial charge in [-0.3, -0.25) is 42.8 Å². The molecule has 139 heavy (non-hydrogen) atoms. The van der Waals surface area contributed by atoms with Crippen molar-refractivity contribution in [2.24, 2.45) is 62.8 Å². The fraction of sp³-hybridized carbons (Fsp3) is 0.297. The number of aryl methyl sites for hydroxylation is 2. The van der Waals surface area contributed by atoms with Gasteiger partial charge in [-0.1, -0.05) is 131 Å². The molecule has 1 aliphatic rings. The average molecular weight is 2180 g/mol. The number of anilines is 4. The van der Waals surface area contributed by atoms with Crippen LogP contribution in [0.3, 0.4) is 0 Å². The summed E-state index contributed by atoms with van der Waals surface area (Å²) in [5.41, 5.74) is 4.36. The standard InChI is InChI=1S/C20H20N6O6S2.C17H18N6O4S4.C13H10N6OS.C12H11F3N6O3S4.C12H16N6O4S3/c1-2-30-16(27)9-26-6-5-11-17(26)14(8-12(18(11)28)19(21)29)24-25-20-23-13-4-3-10(34-32-31-22)7-15(13)33-20;1-4-27-14(24)11-9-7-6-8-10(11)12-13(29-15(18-12)23-31(3,25)26)19-20-16-21-22-17(30-16)28-5-2;1-8-15-13(21-18-8)17-16-10-3-4-11(20)9-5-6-19(7-14-2)12(9)10;1-3-25-11-20-19-10(27-11)18-17-8-7(5-4-6(2)22)16-9(26-8)21-28(23,24)12(13,14)15;1-4-8-14-11(24-17-8)16-15-10-7(6-9(19)22-5-2)13-12(23-10)18-25(3,20)21/h3-4,7-8,28H,2,5-6,9,22H2,1H3,(H2,21,29);6-9H,4-5H2,1-3H3,(H,18,23);3-6,20H,7H2,1H3;4-5H,3H2,1-2H3,(H,16,21);4-6H2,1-3H3,(H,13,18)/b;;;5-4-,18-17?;. The Morgan fingerprint density at radius 1 is 0.647 bits per heavy atom. The number of ether oxygens (including phenoxy) is 3. The number of azo groups is 5. The number of fused-ring (bicyclic) bond motifs is 3. The summed E-state index contributed by atoms with van der Waals surface area (Å²) in [5, 5.41) is 79.5. The van der Waals surface area contributed by atoms with Crippen molar-refractivity contribution in [1.29, 1.82) is 0 Å². The van der Waals surface area contributed by atoms with E-state index in [1.807, 2.05) is 26.8 Å². The highest BCUT2D eigenvalue weighted by molar-refractivity contribution is 8.01. The number of carbonyl (C=O) groups is 5. The zero-order chi connectivity index (χ0) is 101. The van der Waals surface area contributed by atoms with E-state index in [0.29, 0.717) is 122 Å².